The van der Waals surface area contributed by atoms with Crippen LogP contribution < -0.4 is 10.5 Å². The molecule has 100 valence electrons. The number of hydrogen-bond acceptors (Lipinski definition) is 6. The molecule has 1 aromatic rings. The smallest absolute Gasteiger partial charge is 0.269 e. The zero-order valence-electron chi connectivity index (χ0n) is 9.92. The second-order valence-corrected chi connectivity index (χ2v) is 7.11. The molecule has 0 amide bonds. The molecule has 0 aliphatic heterocycles. The maximum Gasteiger partial charge on any atom is 0.269 e. The van der Waals surface area contributed by atoms with Crippen molar-refractivity contribution >= 4 is 26.5 Å². The van der Waals surface area contributed by atoms with Crippen molar-refractivity contribution < 1.29 is 8.42 Å². The van der Waals surface area contributed by atoms with E-state index in [9.17, 15) is 8.42 Å². The molecule has 8 heteroatoms. The second-order valence-electron chi connectivity index (χ2n) is 4.16. The fourth-order valence-electron chi connectivity index (χ4n) is 1.87. The maximum absolute atomic E-state index is 11.8. The van der Waals surface area contributed by atoms with Crippen LogP contribution in [0.25, 0.3) is 0 Å². The van der Waals surface area contributed by atoms with Crippen LogP contribution in [0.15, 0.2) is 16.0 Å². The standard InChI is InChI=1S/C10H16N4O2S2/c11-9-13-14-10(17-9)18(15,16)12-7-6-8-4-2-1-3-5-8/h4,12H,1-3,5-7H2,(H2,11,13). The largest absolute Gasteiger partial charge is 0.374 e. The molecule has 2 rings (SSSR count). The molecule has 1 aromatic heterocycles. The van der Waals surface area contributed by atoms with Crippen molar-refractivity contribution in [3.05, 3.63) is 11.6 Å². The van der Waals surface area contributed by atoms with Crippen LogP contribution in [0.2, 0.25) is 0 Å². The van der Waals surface area contributed by atoms with Gasteiger partial charge in [0.25, 0.3) is 10.0 Å². The number of nitrogen functional groups attached to an aromatic ring is 1. The fraction of sp³-hybridized carbons (Fsp3) is 0.600. The Kier molecular flexibility index (Phi) is 4.31. The molecule has 6 nitrogen and oxygen atoms in total. The molecule has 0 atom stereocenters. The molecule has 0 spiro atoms. The van der Waals surface area contributed by atoms with Gasteiger partial charge in [0.1, 0.15) is 0 Å². The highest BCUT2D eigenvalue weighted by Crippen LogP contribution is 2.20. The Morgan fingerprint density at radius 1 is 1.39 bits per heavy atom. The molecule has 0 fully saturated rings. The Morgan fingerprint density at radius 3 is 2.83 bits per heavy atom. The lowest BCUT2D eigenvalue weighted by Gasteiger charge is -2.12. The summed E-state index contributed by atoms with van der Waals surface area (Å²) in [5.74, 6) is 0. The van der Waals surface area contributed by atoms with Crippen molar-refractivity contribution in [2.45, 2.75) is 36.4 Å². The van der Waals surface area contributed by atoms with Gasteiger partial charge in [-0.15, -0.1) is 10.2 Å². The van der Waals surface area contributed by atoms with Crippen molar-refractivity contribution in [2.24, 2.45) is 0 Å². The van der Waals surface area contributed by atoms with E-state index in [1.165, 1.54) is 18.4 Å². The minimum atomic E-state index is -3.55. The van der Waals surface area contributed by atoms with Gasteiger partial charge in [-0.3, -0.25) is 0 Å². The molecule has 0 radical (unpaired) electrons. The number of rotatable bonds is 5. The minimum Gasteiger partial charge on any atom is -0.374 e. The maximum atomic E-state index is 11.8. The van der Waals surface area contributed by atoms with Gasteiger partial charge in [-0.2, -0.15) is 0 Å². The zero-order valence-corrected chi connectivity index (χ0v) is 11.6. The highest BCUT2D eigenvalue weighted by atomic mass is 32.2. The van der Waals surface area contributed by atoms with Crippen LogP contribution in [0.4, 0.5) is 5.13 Å². The summed E-state index contributed by atoms with van der Waals surface area (Å²) in [6.45, 7) is 0.396. The zero-order chi connectivity index (χ0) is 13.0. The highest BCUT2D eigenvalue weighted by Gasteiger charge is 2.19. The molecule has 0 saturated carbocycles. The first-order valence-corrected chi connectivity index (χ1v) is 8.14. The Bertz CT molecular complexity index is 536. The van der Waals surface area contributed by atoms with Crippen LogP contribution in [0, 0.1) is 0 Å². The fourth-order valence-corrected chi connectivity index (χ4v) is 3.72. The van der Waals surface area contributed by atoms with Gasteiger partial charge in [0.15, 0.2) is 0 Å². The quantitative estimate of drug-likeness (QED) is 0.796. The topological polar surface area (TPSA) is 98.0 Å². The number of sulfonamides is 1. The third-order valence-corrected chi connectivity index (χ3v) is 5.36. The molecule has 0 aromatic carbocycles. The Hall–Kier alpha value is -0.990. The monoisotopic (exact) mass is 288 g/mol. The summed E-state index contributed by atoms with van der Waals surface area (Å²) in [7, 11) is -3.55. The molecule has 1 aliphatic rings. The van der Waals surface area contributed by atoms with E-state index in [2.05, 4.69) is 21.0 Å². The normalized spacial score (nSPS) is 16.6. The molecular formula is C10H16N4O2S2. The van der Waals surface area contributed by atoms with E-state index >= 15 is 0 Å². The first-order chi connectivity index (χ1) is 8.58. The molecule has 1 heterocycles. The summed E-state index contributed by atoms with van der Waals surface area (Å²) in [5.41, 5.74) is 6.70. The van der Waals surface area contributed by atoms with Crippen molar-refractivity contribution in [1.29, 1.82) is 0 Å². The number of anilines is 1. The van der Waals surface area contributed by atoms with E-state index in [0.29, 0.717) is 6.54 Å². The Balaban J connectivity index is 1.87. The lowest BCUT2D eigenvalue weighted by molar-refractivity contribution is 0.577. The van der Waals surface area contributed by atoms with Gasteiger partial charge in [0, 0.05) is 6.54 Å². The average Bonchev–Trinajstić information content (AvgIpc) is 2.78. The number of allylic oxidation sites excluding steroid dienone is 1. The number of hydrogen-bond donors (Lipinski definition) is 2. The van der Waals surface area contributed by atoms with E-state index < -0.39 is 10.0 Å². The van der Waals surface area contributed by atoms with Gasteiger partial charge in [-0.1, -0.05) is 23.0 Å². The molecule has 1 aliphatic carbocycles. The Labute approximate surface area is 110 Å². The van der Waals surface area contributed by atoms with Crippen LogP contribution >= 0.6 is 11.3 Å². The van der Waals surface area contributed by atoms with Crippen LogP contribution in [0.1, 0.15) is 32.1 Å². The number of nitrogens with two attached hydrogens (primary N) is 1. The summed E-state index contributed by atoms with van der Waals surface area (Å²) in [6.07, 6.45) is 7.58. The number of nitrogens with zero attached hydrogens (tertiary/aromatic N) is 2. The lowest BCUT2D eigenvalue weighted by Crippen LogP contribution is -2.25. The minimum absolute atomic E-state index is 0.0716. The van der Waals surface area contributed by atoms with Crippen LogP contribution in [0.3, 0.4) is 0 Å². The first-order valence-electron chi connectivity index (χ1n) is 5.84. The summed E-state index contributed by atoms with van der Waals surface area (Å²) >= 11 is 0.871. The summed E-state index contributed by atoms with van der Waals surface area (Å²) in [5, 5.41) is 7.19. The second kappa shape index (κ2) is 5.77. The third kappa shape index (κ3) is 3.50. The van der Waals surface area contributed by atoms with Crippen LogP contribution in [-0.2, 0) is 10.0 Å². The van der Waals surface area contributed by atoms with Crippen LogP contribution in [-0.4, -0.2) is 25.2 Å². The summed E-state index contributed by atoms with van der Waals surface area (Å²) in [4.78, 5) is 0. The van der Waals surface area contributed by atoms with E-state index in [1.807, 2.05) is 0 Å². The Morgan fingerprint density at radius 2 is 2.22 bits per heavy atom. The summed E-state index contributed by atoms with van der Waals surface area (Å²) < 4.78 is 26.1. The van der Waals surface area contributed by atoms with Gasteiger partial charge < -0.3 is 5.73 Å². The molecular weight excluding hydrogens is 272 g/mol. The predicted molar refractivity (Wildman–Crippen MR) is 70.7 cm³/mol. The van der Waals surface area contributed by atoms with Gasteiger partial charge in [-0.05, 0) is 32.1 Å². The SMILES string of the molecule is Nc1nnc(S(=O)(=O)NCCC2=CCCCC2)s1. The van der Waals surface area contributed by atoms with E-state index in [4.69, 9.17) is 5.73 Å². The first kappa shape index (κ1) is 13.4. The number of nitrogens with one attached hydrogen (secondary N) is 1. The molecule has 18 heavy (non-hydrogen) atoms. The summed E-state index contributed by atoms with van der Waals surface area (Å²) in [6, 6.07) is 0. The average molecular weight is 288 g/mol. The highest BCUT2D eigenvalue weighted by molar-refractivity contribution is 7.91. The molecule has 0 unspecified atom stereocenters. The van der Waals surface area contributed by atoms with E-state index in [0.717, 1.165) is 30.6 Å². The van der Waals surface area contributed by atoms with Crippen molar-refractivity contribution in [3.8, 4) is 0 Å². The third-order valence-electron chi connectivity index (χ3n) is 2.78. The van der Waals surface area contributed by atoms with Gasteiger partial charge in [0.05, 0.1) is 0 Å². The predicted octanol–water partition coefficient (Wildman–Crippen LogP) is 1.29. The molecule has 0 bridgehead atoms. The van der Waals surface area contributed by atoms with Gasteiger partial charge in [0.2, 0.25) is 9.47 Å². The van der Waals surface area contributed by atoms with Gasteiger partial charge >= 0.3 is 0 Å². The molecule has 3 N–H and O–H groups in total. The number of aromatic nitrogens is 2. The van der Waals surface area contributed by atoms with Crippen LogP contribution in [0.5, 0.6) is 0 Å². The molecule has 0 saturated heterocycles. The van der Waals surface area contributed by atoms with E-state index in [1.54, 1.807) is 0 Å². The van der Waals surface area contributed by atoms with Crippen molar-refractivity contribution in [3.63, 3.8) is 0 Å². The lowest BCUT2D eigenvalue weighted by atomic mass is 9.97. The van der Waals surface area contributed by atoms with Crippen molar-refractivity contribution in [2.75, 3.05) is 12.3 Å². The van der Waals surface area contributed by atoms with E-state index in [-0.39, 0.29) is 9.47 Å². The van der Waals surface area contributed by atoms with Gasteiger partial charge in [-0.25, -0.2) is 13.1 Å². The van der Waals surface area contributed by atoms with Crippen molar-refractivity contribution in [1.82, 2.24) is 14.9 Å².